The van der Waals surface area contributed by atoms with Gasteiger partial charge in [0.15, 0.2) is 6.61 Å². The van der Waals surface area contributed by atoms with E-state index in [1.807, 2.05) is 0 Å². The van der Waals surface area contributed by atoms with E-state index in [-0.39, 0.29) is 11.4 Å². The Hall–Kier alpha value is -4.25. The number of benzene rings is 2. The molecule has 34 heavy (non-hydrogen) atoms. The van der Waals surface area contributed by atoms with Gasteiger partial charge < -0.3 is 18.6 Å². The quantitative estimate of drug-likeness (QED) is 0.490. The van der Waals surface area contributed by atoms with E-state index in [4.69, 9.17) is 18.6 Å². The highest BCUT2D eigenvalue weighted by Crippen LogP contribution is 2.42. The van der Waals surface area contributed by atoms with Crippen molar-refractivity contribution in [3.63, 3.8) is 0 Å². The summed E-state index contributed by atoms with van der Waals surface area (Å²) in [5.74, 6) is 0.551. The minimum atomic E-state index is -0.744. The molecule has 0 aliphatic heterocycles. The summed E-state index contributed by atoms with van der Waals surface area (Å²) in [5.41, 5.74) is 1.30. The van der Waals surface area contributed by atoms with Crippen LogP contribution in [0.5, 0.6) is 11.5 Å². The van der Waals surface area contributed by atoms with E-state index >= 15 is 0 Å². The zero-order valence-corrected chi connectivity index (χ0v) is 19.7. The molecular formula is C26H26N2O6. The second-order valence-electron chi connectivity index (χ2n) is 8.45. The van der Waals surface area contributed by atoms with Gasteiger partial charge in [-0.2, -0.15) is 5.26 Å². The average Bonchev–Trinajstić information content (AvgIpc) is 3.19. The molecule has 0 saturated carbocycles. The van der Waals surface area contributed by atoms with Crippen LogP contribution in [0, 0.1) is 16.7 Å². The summed E-state index contributed by atoms with van der Waals surface area (Å²) in [5, 5.41) is 12.5. The molecule has 0 radical (unpaired) electrons. The second kappa shape index (κ2) is 10.1. The summed E-state index contributed by atoms with van der Waals surface area (Å²) in [6, 6.07) is 16.4. The number of hydrogen-bond donors (Lipinski definition) is 1. The number of ether oxygens (including phenoxy) is 3. The first-order valence-electron chi connectivity index (χ1n) is 10.5. The predicted molar refractivity (Wildman–Crippen MR) is 126 cm³/mol. The van der Waals surface area contributed by atoms with Crippen LogP contribution < -0.4 is 14.8 Å². The fraction of sp³-hybridized carbons (Fsp3) is 0.269. The van der Waals surface area contributed by atoms with E-state index in [1.54, 1.807) is 83.5 Å². The number of furan rings is 1. The maximum atomic E-state index is 12.5. The third-order valence-corrected chi connectivity index (χ3v) is 4.95. The number of esters is 1. The number of nitrogens with zero attached hydrogens (tertiary/aromatic N) is 1. The van der Waals surface area contributed by atoms with Crippen molar-refractivity contribution < 1.29 is 28.2 Å². The highest BCUT2D eigenvalue weighted by molar-refractivity contribution is 5.97. The first-order valence-corrected chi connectivity index (χ1v) is 10.5. The van der Waals surface area contributed by atoms with Crippen LogP contribution in [0.25, 0.3) is 22.5 Å². The Bertz CT molecular complexity index is 1210. The van der Waals surface area contributed by atoms with Crippen molar-refractivity contribution in [1.29, 1.82) is 5.26 Å². The fourth-order valence-electron chi connectivity index (χ4n) is 3.11. The number of carbonyl (C=O) groups is 2. The molecule has 1 N–H and O–H groups in total. The number of methoxy groups -OCH3 is 2. The molecule has 0 saturated heterocycles. The van der Waals surface area contributed by atoms with Crippen LogP contribution in [0.15, 0.2) is 52.9 Å². The molecule has 0 bridgehead atoms. The lowest BCUT2D eigenvalue weighted by atomic mass is 9.97. The van der Waals surface area contributed by atoms with Crippen LogP contribution in [0.2, 0.25) is 0 Å². The molecule has 3 aromatic rings. The molecule has 3 rings (SSSR count). The van der Waals surface area contributed by atoms with Crippen LogP contribution in [-0.4, -0.2) is 32.7 Å². The fourth-order valence-corrected chi connectivity index (χ4v) is 3.11. The first-order chi connectivity index (χ1) is 16.2. The molecule has 0 spiro atoms. The summed E-state index contributed by atoms with van der Waals surface area (Å²) < 4.78 is 21.5. The number of anilines is 1. The van der Waals surface area contributed by atoms with Crippen molar-refractivity contribution in [2.45, 2.75) is 20.8 Å². The van der Waals surface area contributed by atoms with Gasteiger partial charge in [-0.1, -0.05) is 12.1 Å². The predicted octanol–water partition coefficient (Wildman–Crippen LogP) is 5.03. The van der Waals surface area contributed by atoms with Crippen LogP contribution in [0.3, 0.4) is 0 Å². The maximum Gasteiger partial charge on any atom is 0.311 e. The van der Waals surface area contributed by atoms with E-state index < -0.39 is 23.9 Å². The van der Waals surface area contributed by atoms with Gasteiger partial charge in [0, 0.05) is 11.1 Å². The lowest BCUT2D eigenvalue weighted by Gasteiger charge is -2.15. The molecule has 0 unspecified atom stereocenters. The molecule has 8 nitrogen and oxygen atoms in total. The topological polar surface area (TPSA) is 111 Å². The van der Waals surface area contributed by atoms with E-state index in [2.05, 4.69) is 11.4 Å². The van der Waals surface area contributed by atoms with Gasteiger partial charge in [0.1, 0.15) is 28.9 Å². The van der Waals surface area contributed by atoms with Gasteiger partial charge in [-0.15, -0.1) is 0 Å². The highest BCUT2D eigenvalue weighted by Gasteiger charge is 2.26. The lowest BCUT2D eigenvalue weighted by Crippen LogP contribution is -2.28. The summed E-state index contributed by atoms with van der Waals surface area (Å²) in [7, 11) is 3.13. The van der Waals surface area contributed by atoms with Crippen molar-refractivity contribution in [2.24, 2.45) is 5.41 Å². The Morgan fingerprint density at radius 2 is 1.47 bits per heavy atom. The van der Waals surface area contributed by atoms with Crippen molar-refractivity contribution in [2.75, 3.05) is 26.1 Å². The maximum absolute atomic E-state index is 12.5. The number of nitrogens with one attached hydrogen (secondary N) is 1. The minimum Gasteiger partial charge on any atom is -0.497 e. The number of rotatable bonds is 7. The summed E-state index contributed by atoms with van der Waals surface area (Å²) in [6.45, 7) is 4.57. The molecule has 1 aromatic heterocycles. The molecule has 1 amide bonds. The lowest BCUT2D eigenvalue weighted by molar-refractivity contribution is -0.155. The van der Waals surface area contributed by atoms with Crippen LogP contribution >= 0.6 is 0 Å². The Morgan fingerprint density at radius 1 is 0.941 bits per heavy atom. The zero-order chi connectivity index (χ0) is 24.9. The third-order valence-electron chi connectivity index (χ3n) is 4.95. The second-order valence-corrected chi connectivity index (χ2v) is 8.45. The van der Waals surface area contributed by atoms with Crippen molar-refractivity contribution in [1.82, 2.24) is 0 Å². The van der Waals surface area contributed by atoms with E-state index in [0.717, 1.165) is 0 Å². The zero-order valence-electron chi connectivity index (χ0n) is 19.7. The number of carbonyl (C=O) groups excluding carboxylic acids is 2. The van der Waals surface area contributed by atoms with Gasteiger partial charge in [0.05, 0.1) is 19.6 Å². The largest absolute Gasteiger partial charge is 0.497 e. The number of amides is 1. The Morgan fingerprint density at radius 3 is 1.94 bits per heavy atom. The van der Waals surface area contributed by atoms with Gasteiger partial charge in [-0.25, -0.2) is 0 Å². The molecule has 8 heteroatoms. The van der Waals surface area contributed by atoms with E-state index in [9.17, 15) is 14.9 Å². The monoisotopic (exact) mass is 462 g/mol. The minimum absolute atomic E-state index is 0.0315. The van der Waals surface area contributed by atoms with Crippen LogP contribution in [0.4, 0.5) is 5.88 Å². The molecule has 2 aromatic carbocycles. The van der Waals surface area contributed by atoms with Gasteiger partial charge in [0.2, 0.25) is 5.88 Å². The molecule has 0 fully saturated rings. The van der Waals surface area contributed by atoms with Crippen LogP contribution in [-0.2, 0) is 14.3 Å². The Labute approximate surface area is 198 Å². The Kier molecular flexibility index (Phi) is 7.27. The Balaban J connectivity index is 2.01. The van der Waals surface area contributed by atoms with Crippen LogP contribution in [0.1, 0.15) is 26.3 Å². The van der Waals surface area contributed by atoms with Crippen molar-refractivity contribution in [3.8, 4) is 40.0 Å². The first kappa shape index (κ1) is 24.4. The van der Waals surface area contributed by atoms with Gasteiger partial charge in [-0.05, 0) is 62.7 Å². The molecule has 0 atom stereocenters. The normalized spacial score (nSPS) is 10.8. The SMILES string of the molecule is COc1ccc(-c2oc(NC(=O)COC(=O)C(C)(C)C)c(C#N)c2-c2ccc(OC)cc2)cc1. The molecule has 176 valence electrons. The standard InChI is InChI=1S/C26H26N2O6/c1-26(2,3)25(30)33-15-21(29)28-24-20(14-27)22(16-6-10-18(31-4)11-7-16)23(34-24)17-8-12-19(32-5)13-9-17/h6-13H,15H2,1-5H3,(H,28,29). The molecule has 1 heterocycles. The number of hydrogen-bond acceptors (Lipinski definition) is 7. The molecular weight excluding hydrogens is 436 g/mol. The van der Waals surface area contributed by atoms with Crippen molar-refractivity contribution in [3.05, 3.63) is 54.1 Å². The molecule has 0 aliphatic rings. The smallest absolute Gasteiger partial charge is 0.311 e. The number of nitriles is 1. The summed E-state index contributed by atoms with van der Waals surface area (Å²) in [6.07, 6.45) is 0. The van der Waals surface area contributed by atoms with Crippen molar-refractivity contribution >= 4 is 17.8 Å². The van der Waals surface area contributed by atoms with E-state index in [0.29, 0.717) is 33.9 Å². The van der Waals surface area contributed by atoms with E-state index in [1.165, 1.54) is 0 Å². The third kappa shape index (κ3) is 5.38. The molecule has 0 aliphatic carbocycles. The van der Waals surface area contributed by atoms with Gasteiger partial charge in [0.25, 0.3) is 5.91 Å². The summed E-state index contributed by atoms with van der Waals surface area (Å²) in [4.78, 5) is 24.5. The average molecular weight is 463 g/mol. The van der Waals surface area contributed by atoms with Gasteiger partial charge in [-0.3, -0.25) is 14.9 Å². The van der Waals surface area contributed by atoms with Gasteiger partial charge >= 0.3 is 5.97 Å². The summed E-state index contributed by atoms with van der Waals surface area (Å²) >= 11 is 0. The highest BCUT2D eigenvalue weighted by atomic mass is 16.5.